The van der Waals surface area contributed by atoms with E-state index in [9.17, 15) is 14.9 Å². The fourth-order valence-corrected chi connectivity index (χ4v) is 2.63. The van der Waals surface area contributed by atoms with Gasteiger partial charge in [-0.3, -0.25) is 14.7 Å². The number of nitrogen functional groups attached to an aromatic ring is 1. The van der Waals surface area contributed by atoms with Crippen molar-refractivity contribution in [3.05, 3.63) is 44.4 Å². The van der Waals surface area contributed by atoms with Gasteiger partial charge in [0.2, 0.25) is 0 Å². The SMILES string of the molecule is CCn1c(SCc2ccc(N)c([N+](=O)[O-])c2)n[nH]c1=O. The van der Waals surface area contributed by atoms with E-state index < -0.39 is 4.92 Å². The zero-order valence-corrected chi connectivity index (χ0v) is 11.5. The average molecular weight is 295 g/mol. The smallest absolute Gasteiger partial charge is 0.343 e. The van der Waals surface area contributed by atoms with Crippen LogP contribution in [0.2, 0.25) is 0 Å². The number of hydrogen-bond donors (Lipinski definition) is 2. The highest BCUT2D eigenvalue weighted by Crippen LogP contribution is 2.26. The second kappa shape index (κ2) is 5.78. The number of aromatic nitrogens is 3. The van der Waals surface area contributed by atoms with Gasteiger partial charge >= 0.3 is 5.69 Å². The minimum absolute atomic E-state index is 0.113. The number of nitrogens with two attached hydrogens (primary N) is 1. The summed E-state index contributed by atoms with van der Waals surface area (Å²) < 4.78 is 1.50. The number of hydrogen-bond acceptors (Lipinski definition) is 6. The van der Waals surface area contributed by atoms with Crippen LogP contribution < -0.4 is 11.4 Å². The Balaban J connectivity index is 2.17. The van der Waals surface area contributed by atoms with Crippen LogP contribution in [-0.4, -0.2) is 19.7 Å². The minimum atomic E-state index is -0.514. The zero-order chi connectivity index (χ0) is 14.7. The molecule has 2 aromatic rings. The molecule has 2 rings (SSSR count). The number of H-pyrrole nitrogens is 1. The molecule has 0 spiro atoms. The summed E-state index contributed by atoms with van der Waals surface area (Å²) in [5.41, 5.74) is 6.03. The lowest BCUT2D eigenvalue weighted by Crippen LogP contribution is -2.16. The van der Waals surface area contributed by atoms with Gasteiger partial charge < -0.3 is 5.73 Å². The summed E-state index contributed by atoms with van der Waals surface area (Å²) in [5, 5.41) is 17.6. The molecule has 9 heteroatoms. The van der Waals surface area contributed by atoms with E-state index in [0.29, 0.717) is 17.5 Å². The van der Waals surface area contributed by atoms with Gasteiger partial charge in [0.05, 0.1) is 4.92 Å². The van der Waals surface area contributed by atoms with E-state index in [-0.39, 0.29) is 17.1 Å². The Morgan fingerprint density at radius 1 is 1.55 bits per heavy atom. The number of anilines is 1. The predicted octanol–water partition coefficient (Wildman–Crippen LogP) is 1.37. The molecule has 0 radical (unpaired) electrons. The van der Waals surface area contributed by atoms with E-state index >= 15 is 0 Å². The summed E-state index contributed by atoms with van der Waals surface area (Å²) in [6.45, 7) is 2.36. The van der Waals surface area contributed by atoms with E-state index in [0.717, 1.165) is 5.56 Å². The molecule has 0 saturated carbocycles. The van der Waals surface area contributed by atoms with Crippen LogP contribution in [0.25, 0.3) is 0 Å². The Kier molecular flexibility index (Phi) is 4.08. The fraction of sp³-hybridized carbons (Fsp3) is 0.273. The summed E-state index contributed by atoms with van der Waals surface area (Å²) in [4.78, 5) is 21.7. The summed E-state index contributed by atoms with van der Waals surface area (Å²) in [6.07, 6.45) is 0. The van der Waals surface area contributed by atoms with Gasteiger partial charge in [-0.1, -0.05) is 17.8 Å². The molecule has 0 aliphatic heterocycles. The highest BCUT2D eigenvalue weighted by molar-refractivity contribution is 7.98. The zero-order valence-electron chi connectivity index (χ0n) is 10.7. The van der Waals surface area contributed by atoms with Crippen LogP contribution in [0.3, 0.4) is 0 Å². The number of nitro groups is 1. The number of nitrogens with one attached hydrogen (secondary N) is 1. The van der Waals surface area contributed by atoms with Crippen LogP contribution in [-0.2, 0) is 12.3 Å². The standard InChI is InChI=1S/C11H13N5O3S/c1-2-15-10(17)13-14-11(15)20-6-7-3-4-8(12)9(5-7)16(18)19/h3-5H,2,6,12H2,1H3,(H,13,17). The Labute approximate surface area is 118 Å². The van der Waals surface area contributed by atoms with Gasteiger partial charge in [0.1, 0.15) is 5.69 Å². The lowest BCUT2D eigenvalue weighted by molar-refractivity contribution is -0.383. The fourth-order valence-electron chi connectivity index (χ4n) is 1.68. The van der Waals surface area contributed by atoms with Crippen molar-refractivity contribution in [1.82, 2.24) is 14.8 Å². The van der Waals surface area contributed by atoms with Crippen molar-refractivity contribution in [3.63, 3.8) is 0 Å². The molecule has 1 aromatic carbocycles. The molecule has 8 nitrogen and oxygen atoms in total. The second-order valence-corrected chi connectivity index (χ2v) is 4.94. The topological polar surface area (TPSA) is 120 Å². The molecular weight excluding hydrogens is 282 g/mol. The summed E-state index contributed by atoms with van der Waals surface area (Å²) in [7, 11) is 0. The van der Waals surface area contributed by atoms with Gasteiger partial charge in [0.15, 0.2) is 5.16 Å². The maximum absolute atomic E-state index is 11.4. The Morgan fingerprint density at radius 3 is 2.95 bits per heavy atom. The lowest BCUT2D eigenvalue weighted by Gasteiger charge is -2.03. The van der Waals surface area contributed by atoms with Gasteiger partial charge in [0.25, 0.3) is 5.69 Å². The molecule has 20 heavy (non-hydrogen) atoms. The largest absolute Gasteiger partial charge is 0.393 e. The molecule has 1 aromatic heterocycles. The Hall–Kier alpha value is -2.29. The van der Waals surface area contributed by atoms with Crippen LogP contribution in [0.4, 0.5) is 11.4 Å². The monoisotopic (exact) mass is 295 g/mol. The number of thioether (sulfide) groups is 1. The van der Waals surface area contributed by atoms with E-state index in [1.807, 2.05) is 6.92 Å². The normalized spacial score (nSPS) is 10.7. The van der Waals surface area contributed by atoms with E-state index in [1.54, 1.807) is 6.07 Å². The summed E-state index contributed by atoms with van der Waals surface area (Å²) in [5.74, 6) is 0.464. The van der Waals surface area contributed by atoms with E-state index in [1.165, 1.54) is 28.5 Å². The molecular formula is C11H13N5O3S. The molecule has 0 bridgehead atoms. The molecule has 0 fully saturated rings. The number of nitrogens with zero attached hydrogens (tertiary/aromatic N) is 3. The van der Waals surface area contributed by atoms with Crippen LogP contribution in [0.5, 0.6) is 0 Å². The van der Waals surface area contributed by atoms with Crippen LogP contribution in [0, 0.1) is 10.1 Å². The predicted molar refractivity (Wildman–Crippen MR) is 75.6 cm³/mol. The first kappa shape index (κ1) is 14.1. The van der Waals surface area contributed by atoms with Gasteiger partial charge in [-0.05, 0) is 18.6 Å². The third kappa shape index (κ3) is 2.82. The molecule has 0 aliphatic carbocycles. The van der Waals surface area contributed by atoms with Crippen molar-refractivity contribution < 1.29 is 4.92 Å². The molecule has 0 saturated heterocycles. The highest BCUT2D eigenvalue weighted by Gasteiger charge is 2.13. The summed E-state index contributed by atoms with van der Waals surface area (Å²) >= 11 is 1.33. The van der Waals surface area contributed by atoms with Crippen molar-refractivity contribution >= 4 is 23.1 Å². The Morgan fingerprint density at radius 2 is 2.30 bits per heavy atom. The molecule has 0 atom stereocenters. The van der Waals surface area contributed by atoms with Crippen molar-refractivity contribution in [1.29, 1.82) is 0 Å². The van der Waals surface area contributed by atoms with Crippen molar-refractivity contribution in [2.24, 2.45) is 0 Å². The maximum Gasteiger partial charge on any atom is 0.343 e. The Bertz CT molecular complexity index is 694. The van der Waals surface area contributed by atoms with Crippen LogP contribution >= 0.6 is 11.8 Å². The number of rotatable bonds is 5. The van der Waals surface area contributed by atoms with Crippen molar-refractivity contribution in [2.75, 3.05) is 5.73 Å². The third-order valence-corrected chi connectivity index (χ3v) is 3.75. The number of benzene rings is 1. The van der Waals surface area contributed by atoms with Crippen LogP contribution in [0.15, 0.2) is 28.2 Å². The third-order valence-electron chi connectivity index (χ3n) is 2.70. The number of aromatic amines is 1. The summed E-state index contributed by atoms with van der Waals surface area (Å²) in [6, 6.07) is 4.66. The minimum Gasteiger partial charge on any atom is -0.393 e. The molecule has 3 N–H and O–H groups in total. The first-order chi connectivity index (χ1) is 9.52. The highest BCUT2D eigenvalue weighted by atomic mass is 32.2. The quantitative estimate of drug-likeness (QED) is 0.372. The van der Waals surface area contributed by atoms with Crippen molar-refractivity contribution in [2.45, 2.75) is 24.4 Å². The lowest BCUT2D eigenvalue weighted by atomic mass is 10.2. The number of nitro benzene ring substituents is 1. The first-order valence-electron chi connectivity index (χ1n) is 5.83. The molecule has 1 heterocycles. The second-order valence-electron chi connectivity index (χ2n) is 3.99. The molecule has 0 amide bonds. The van der Waals surface area contributed by atoms with Crippen LogP contribution in [0.1, 0.15) is 12.5 Å². The average Bonchev–Trinajstić information content (AvgIpc) is 2.77. The molecule has 106 valence electrons. The molecule has 0 aliphatic rings. The maximum atomic E-state index is 11.4. The first-order valence-corrected chi connectivity index (χ1v) is 6.82. The van der Waals surface area contributed by atoms with E-state index in [2.05, 4.69) is 10.2 Å². The van der Waals surface area contributed by atoms with E-state index in [4.69, 9.17) is 5.73 Å². The van der Waals surface area contributed by atoms with Gasteiger partial charge in [0, 0.05) is 18.4 Å². The van der Waals surface area contributed by atoms with Gasteiger partial charge in [-0.25, -0.2) is 9.89 Å². The van der Waals surface area contributed by atoms with Gasteiger partial charge in [-0.2, -0.15) is 0 Å². The van der Waals surface area contributed by atoms with Gasteiger partial charge in [-0.15, -0.1) is 5.10 Å². The van der Waals surface area contributed by atoms with Crippen molar-refractivity contribution in [3.8, 4) is 0 Å². The molecule has 0 unspecified atom stereocenters.